The third kappa shape index (κ3) is 5.78. The zero-order valence-electron chi connectivity index (χ0n) is 29.4. The van der Waals surface area contributed by atoms with Gasteiger partial charge in [0.15, 0.2) is 5.58 Å². The molecule has 0 bridgehead atoms. The van der Waals surface area contributed by atoms with Crippen molar-refractivity contribution in [3.63, 3.8) is 0 Å². The average molecular weight is 691 g/mol. The third-order valence-corrected chi connectivity index (χ3v) is 10.3. The van der Waals surface area contributed by atoms with Gasteiger partial charge in [-0.15, -0.1) is 0 Å². The zero-order valence-corrected chi connectivity index (χ0v) is 29.4. The molecule has 0 radical (unpaired) electrons. The lowest BCUT2D eigenvalue weighted by molar-refractivity contribution is 0.623. The van der Waals surface area contributed by atoms with Gasteiger partial charge in [0, 0.05) is 33.6 Å². The Morgan fingerprint density at radius 3 is 1.48 bits per heavy atom. The maximum atomic E-state index is 6.52. The van der Waals surface area contributed by atoms with E-state index in [-0.39, 0.29) is 0 Å². The van der Waals surface area contributed by atoms with Crippen LogP contribution in [0.4, 0.5) is 17.1 Å². The van der Waals surface area contributed by atoms with E-state index in [1.54, 1.807) is 0 Å². The molecule has 0 unspecified atom stereocenters. The number of hydrogen-bond acceptors (Lipinski definition) is 3. The normalized spacial score (nSPS) is 11.3. The number of aromatic nitrogens is 1. The molecule has 0 atom stereocenters. The molecule has 0 N–H and O–H groups in total. The van der Waals surface area contributed by atoms with Gasteiger partial charge in [-0.2, -0.15) is 0 Å². The molecule has 1 aromatic heterocycles. The summed E-state index contributed by atoms with van der Waals surface area (Å²) < 4.78 is 6.52. The molecule has 54 heavy (non-hydrogen) atoms. The number of fused-ring (bicyclic) bond motifs is 4. The predicted molar refractivity (Wildman–Crippen MR) is 225 cm³/mol. The van der Waals surface area contributed by atoms with Crippen LogP contribution in [-0.4, -0.2) is 4.98 Å². The summed E-state index contributed by atoms with van der Waals surface area (Å²) in [6.07, 6.45) is 0. The van der Waals surface area contributed by atoms with E-state index in [0.717, 1.165) is 61.0 Å². The monoisotopic (exact) mass is 690 g/mol. The highest BCUT2D eigenvalue weighted by molar-refractivity contribution is 6.11. The topological polar surface area (TPSA) is 29.3 Å². The van der Waals surface area contributed by atoms with Crippen LogP contribution in [0.5, 0.6) is 0 Å². The summed E-state index contributed by atoms with van der Waals surface area (Å²) >= 11 is 0. The Kier molecular flexibility index (Phi) is 7.81. The summed E-state index contributed by atoms with van der Waals surface area (Å²) in [5.41, 5.74) is 12.8. The Morgan fingerprint density at radius 1 is 0.352 bits per heavy atom. The lowest BCUT2D eigenvalue weighted by atomic mass is 9.97. The van der Waals surface area contributed by atoms with Gasteiger partial charge in [-0.1, -0.05) is 146 Å². The minimum atomic E-state index is 0.624. The van der Waals surface area contributed by atoms with E-state index in [2.05, 4.69) is 181 Å². The van der Waals surface area contributed by atoms with Crippen LogP contribution in [0.1, 0.15) is 0 Å². The number of nitrogens with zero attached hydrogens (tertiary/aromatic N) is 2. The van der Waals surface area contributed by atoms with Crippen molar-refractivity contribution in [1.29, 1.82) is 0 Å². The summed E-state index contributed by atoms with van der Waals surface area (Å²) in [6.45, 7) is 0. The molecular weight excluding hydrogens is 657 g/mol. The van der Waals surface area contributed by atoms with Crippen molar-refractivity contribution in [2.45, 2.75) is 0 Å². The molecule has 0 fully saturated rings. The van der Waals surface area contributed by atoms with Gasteiger partial charge in [0.05, 0.1) is 0 Å². The van der Waals surface area contributed by atoms with Crippen LogP contribution < -0.4 is 4.90 Å². The van der Waals surface area contributed by atoms with Crippen LogP contribution >= 0.6 is 0 Å². The predicted octanol–water partition coefficient (Wildman–Crippen LogP) is 14.3. The first-order valence-electron chi connectivity index (χ1n) is 18.3. The minimum absolute atomic E-state index is 0.624. The fraction of sp³-hybridized carbons (Fsp3) is 0. The molecule has 0 spiro atoms. The lowest BCUT2D eigenvalue weighted by Crippen LogP contribution is -2.09. The van der Waals surface area contributed by atoms with Gasteiger partial charge in [0.25, 0.3) is 0 Å². The largest absolute Gasteiger partial charge is 0.435 e. The van der Waals surface area contributed by atoms with E-state index in [0.29, 0.717) is 5.89 Å². The van der Waals surface area contributed by atoms with Crippen molar-refractivity contribution in [3.8, 4) is 44.8 Å². The zero-order chi connectivity index (χ0) is 35.8. The summed E-state index contributed by atoms with van der Waals surface area (Å²) in [5, 5.41) is 4.49. The summed E-state index contributed by atoms with van der Waals surface area (Å²) in [6, 6.07) is 73.0. The van der Waals surface area contributed by atoms with Crippen molar-refractivity contribution in [2.24, 2.45) is 0 Å². The van der Waals surface area contributed by atoms with Crippen LogP contribution in [0.25, 0.3) is 77.5 Å². The van der Waals surface area contributed by atoms with Crippen LogP contribution in [0.3, 0.4) is 0 Å². The Morgan fingerprint density at radius 2 is 0.852 bits per heavy atom. The quantitative estimate of drug-likeness (QED) is 0.167. The Hall–Kier alpha value is -7.23. The smallest absolute Gasteiger partial charge is 0.227 e. The van der Waals surface area contributed by atoms with E-state index >= 15 is 0 Å². The molecule has 3 nitrogen and oxygen atoms in total. The van der Waals surface area contributed by atoms with Crippen molar-refractivity contribution < 1.29 is 4.42 Å². The molecule has 10 rings (SSSR count). The first-order valence-corrected chi connectivity index (χ1v) is 18.3. The van der Waals surface area contributed by atoms with Crippen LogP contribution in [-0.2, 0) is 0 Å². The summed E-state index contributed by atoms with van der Waals surface area (Å²) in [5.74, 6) is 0.624. The molecule has 3 heteroatoms. The van der Waals surface area contributed by atoms with E-state index < -0.39 is 0 Å². The molecular formula is C51H34N2O. The number of rotatable bonds is 7. The van der Waals surface area contributed by atoms with Crippen molar-refractivity contribution in [3.05, 3.63) is 206 Å². The molecule has 0 amide bonds. The first kappa shape index (κ1) is 31.5. The van der Waals surface area contributed by atoms with E-state index in [9.17, 15) is 0 Å². The van der Waals surface area contributed by atoms with Gasteiger partial charge in [-0.25, -0.2) is 4.98 Å². The van der Waals surface area contributed by atoms with Gasteiger partial charge >= 0.3 is 0 Å². The SMILES string of the molecule is c1ccc(-c2ccc(N(c3ccc(-c4ccccc4)cc3)c3ccc4ccc(-c5cc6ccccc6c6oc(-c7ccccc7)nc56)cc4c3)cc2)cc1. The van der Waals surface area contributed by atoms with Gasteiger partial charge in [-0.05, 0) is 105 Å². The van der Waals surface area contributed by atoms with Gasteiger partial charge in [0.1, 0.15) is 5.52 Å². The molecule has 254 valence electrons. The third-order valence-electron chi connectivity index (χ3n) is 10.3. The van der Waals surface area contributed by atoms with Crippen LogP contribution in [0.2, 0.25) is 0 Å². The molecule has 1 heterocycles. The number of hydrogen-bond donors (Lipinski definition) is 0. The number of benzene rings is 9. The fourth-order valence-electron chi connectivity index (χ4n) is 7.52. The van der Waals surface area contributed by atoms with Crippen LogP contribution in [0, 0.1) is 0 Å². The maximum Gasteiger partial charge on any atom is 0.227 e. The number of oxazole rings is 1. The molecule has 10 aromatic rings. The minimum Gasteiger partial charge on any atom is -0.435 e. The fourth-order valence-corrected chi connectivity index (χ4v) is 7.52. The van der Waals surface area contributed by atoms with Gasteiger partial charge in [-0.3, -0.25) is 0 Å². The second-order valence-corrected chi connectivity index (χ2v) is 13.6. The summed E-state index contributed by atoms with van der Waals surface area (Å²) in [4.78, 5) is 7.44. The second kappa shape index (κ2) is 13.4. The van der Waals surface area contributed by atoms with E-state index in [1.807, 2.05) is 30.3 Å². The standard InChI is InChI=1S/C51H34N2O/c1-4-12-35(13-5-1)37-22-27-44(28-23-37)53(45-29-24-38(25-30-45)36-14-6-2-7-15-36)46-31-26-39-20-21-42(32-43(39)33-46)48-34-41-18-10-11-19-47(41)50-49(48)52-51(54-50)40-16-8-3-9-17-40/h1-34H. The van der Waals surface area contributed by atoms with Gasteiger partial charge in [0.2, 0.25) is 5.89 Å². The Balaban J connectivity index is 1.10. The Labute approximate surface area is 314 Å². The molecule has 0 saturated carbocycles. The lowest BCUT2D eigenvalue weighted by Gasteiger charge is -2.26. The molecule has 9 aromatic carbocycles. The maximum absolute atomic E-state index is 6.52. The summed E-state index contributed by atoms with van der Waals surface area (Å²) in [7, 11) is 0. The van der Waals surface area contributed by atoms with E-state index in [4.69, 9.17) is 9.40 Å². The molecule has 0 aliphatic rings. The first-order chi connectivity index (χ1) is 26.7. The van der Waals surface area contributed by atoms with Crippen molar-refractivity contribution in [2.75, 3.05) is 4.90 Å². The van der Waals surface area contributed by atoms with Crippen LogP contribution in [0.15, 0.2) is 211 Å². The van der Waals surface area contributed by atoms with Gasteiger partial charge < -0.3 is 9.32 Å². The second-order valence-electron chi connectivity index (χ2n) is 13.6. The number of anilines is 3. The molecule has 0 saturated heterocycles. The average Bonchev–Trinajstić information content (AvgIpc) is 3.71. The van der Waals surface area contributed by atoms with E-state index in [1.165, 1.54) is 27.6 Å². The highest BCUT2D eigenvalue weighted by Gasteiger charge is 2.18. The van der Waals surface area contributed by atoms with Crippen molar-refractivity contribution >= 4 is 49.7 Å². The highest BCUT2D eigenvalue weighted by Crippen LogP contribution is 2.41. The van der Waals surface area contributed by atoms with Crippen molar-refractivity contribution in [1.82, 2.24) is 4.98 Å². The Bertz CT molecular complexity index is 2820. The molecule has 0 aliphatic heterocycles. The highest BCUT2D eigenvalue weighted by atomic mass is 16.3. The molecule has 0 aliphatic carbocycles.